The molecule has 0 heterocycles. The molecule has 2 aromatic rings. The van der Waals surface area contributed by atoms with Crippen molar-refractivity contribution < 1.29 is 14.8 Å². The monoisotopic (exact) mass is 272 g/mol. The minimum absolute atomic E-state index is 0.130. The summed E-state index contributed by atoms with van der Waals surface area (Å²) >= 11 is 0. The maximum atomic E-state index is 11.0. The number of hydrogen-bond acceptors (Lipinski definition) is 4. The van der Waals surface area contributed by atoms with Gasteiger partial charge in [0.2, 0.25) is 0 Å². The molecule has 102 valence electrons. The van der Waals surface area contributed by atoms with E-state index in [1.165, 1.54) is 12.1 Å². The molecule has 0 aliphatic carbocycles. The number of nitro groups is 1. The Kier molecular flexibility index (Phi) is 3.65. The van der Waals surface area contributed by atoms with Crippen LogP contribution in [0.4, 0.5) is 17.1 Å². The number of nitrogens with zero attached hydrogens (tertiary/aromatic N) is 1. The molecule has 0 amide bonds. The fourth-order valence-corrected chi connectivity index (χ4v) is 1.80. The molecule has 2 aromatic carbocycles. The highest BCUT2D eigenvalue weighted by molar-refractivity contribution is 5.90. The van der Waals surface area contributed by atoms with Crippen LogP contribution < -0.4 is 5.32 Å². The molecular formula is C14H12N2O4. The van der Waals surface area contributed by atoms with E-state index in [0.29, 0.717) is 5.69 Å². The number of aryl methyl sites for hydroxylation is 1. The second kappa shape index (κ2) is 5.40. The number of nitro benzene ring substituents is 1. The van der Waals surface area contributed by atoms with Crippen LogP contribution in [-0.4, -0.2) is 16.0 Å². The lowest BCUT2D eigenvalue weighted by Crippen LogP contribution is -2.01. The fourth-order valence-electron chi connectivity index (χ4n) is 1.80. The van der Waals surface area contributed by atoms with Crippen molar-refractivity contribution in [3.8, 4) is 0 Å². The van der Waals surface area contributed by atoms with E-state index < -0.39 is 10.9 Å². The average Bonchev–Trinajstić information content (AvgIpc) is 2.38. The van der Waals surface area contributed by atoms with Crippen LogP contribution in [0.1, 0.15) is 15.9 Å². The number of carboxylic acid groups (broad SMARTS) is 1. The van der Waals surface area contributed by atoms with Gasteiger partial charge in [-0.25, -0.2) is 4.79 Å². The second-order valence-electron chi connectivity index (χ2n) is 4.33. The van der Waals surface area contributed by atoms with E-state index in [2.05, 4.69) is 5.32 Å². The predicted octanol–water partition coefficient (Wildman–Crippen LogP) is 3.35. The molecule has 0 aliphatic heterocycles. The van der Waals surface area contributed by atoms with Gasteiger partial charge in [0.05, 0.1) is 10.5 Å². The van der Waals surface area contributed by atoms with Crippen molar-refractivity contribution in [3.63, 3.8) is 0 Å². The predicted molar refractivity (Wildman–Crippen MR) is 74.5 cm³/mol. The summed E-state index contributed by atoms with van der Waals surface area (Å²) in [6, 6.07) is 11.1. The molecule has 0 unspecified atom stereocenters. The average molecular weight is 272 g/mol. The first-order valence-corrected chi connectivity index (χ1v) is 5.82. The molecule has 20 heavy (non-hydrogen) atoms. The first kappa shape index (κ1) is 13.5. The summed E-state index contributed by atoms with van der Waals surface area (Å²) in [5.74, 6) is -1.21. The quantitative estimate of drug-likeness (QED) is 0.657. The molecule has 0 atom stereocenters. The molecule has 2 N–H and O–H groups in total. The lowest BCUT2D eigenvalue weighted by atomic mass is 10.1. The molecule has 0 bridgehead atoms. The fraction of sp³-hybridized carbons (Fsp3) is 0.0714. The number of nitrogens with one attached hydrogen (secondary N) is 1. The van der Waals surface area contributed by atoms with Gasteiger partial charge < -0.3 is 10.4 Å². The Hall–Kier alpha value is -2.89. The van der Waals surface area contributed by atoms with Crippen LogP contribution in [-0.2, 0) is 0 Å². The molecule has 0 aliphatic rings. The Balaban J connectivity index is 2.40. The van der Waals surface area contributed by atoms with Crippen molar-refractivity contribution in [2.75, 3.05) is 5.32 Å². The minimum atomic E-state index is -1.21. The van der Waals surface area contributed by atoms with Gasteiger partial charge in [-0.3, -0.25) is 10.1 Å². The van der Waals surface area contributed by atoms with Gasteiger partial charge in [0.25, 0.3) is 5.69 Å². The van der Waals surface area contributed by atoms with E-state index in [4.69, 9.17) is 5.11 Å². The SMILES string of the molecule is Cc1cccc(Nc2cc(C(=O)O)cc([N+](=O)[O-])c2)c1. The molecule has 0 saturated heterocycles. The van der Waals surface area contributed by atoms with Gasteiger partial charge in [0.1, 0.15) is 0 Å². The summed E-state index contributed by atoms with van der Waals surface area (Å²) < 4.78 is 0. The van der Waals surface area contributed by atoms with E-state index in [9.17, 15) is 14.9 Å². The third-order valence-electron chi connectivity index (χ3n) is 2.68. The van der Waals surface area contributed by atoms with Crippen LogP contribution in [0, 0.1) is 17.0 Å². The van der Waals surface area contributed by atoms with Crippen molar-refractivity contribution in [2.24, 2.45) is 0 Å². The number of benzene rings is 2. The Bertz CT molecular complexity index is 650. The Labute approximate surface area is 114 Å². The summed E-state index contributed by atoms with van der Waals surface area (Å²) in [4.78, 5) is 21.2. The number of carbonyl (C=O) groups is 1. The molecule has 6 nitrogen and oxygen atoms in total. The second-order valence-corrected chi connectivity index (χ2v) is 4.33. The van der Waals surface area contributed by atoms with E-state index in [1.54, 1.807) is 6.07 Å². The number of rotatable bonds is 4. The molecule has 6 heteroatoms. The molecular weight excluding hydrogens is 260 g/mol. The number of hydrogen-bond donors (Lipinski definition) is 2. The standard InChI is InChI=1S/C14H12N2O4/c1-9-3-2-4-11(5-9)15-12-6-10(14(17)18)7-13(8-12)16(19)20/h2-8,15H,1H3,(H,17,18). The van der Waals surface area contributed by atoms with Crippen molar-refractivity contribution in [2.45, 2.75) is 6.92 Å². The molecule has 0 fully saturated rings. The van der Waals surface area contributed by atoms with Crippen LogP contribution in [0.2, 0.25) is 0 Å². The van der Waals surface area contributed by atoms with Gasteiger partial charge in [-0.15, -0.1) is 0 Å². The number of carboxylic acids is 1. The highest BCUT2D eigenvalue weighted by Crippen LogP contribution is 2.24. The van der Waals surface area contributed by atoms with Crippen LogP contribution in [0.25, 0.3) is 0 Å². The molecule has 0 radical (unpaired) electrons. The molecule has 0 spiro atoms. The lowest BCUT2D eigenvalue weighted by molar-refractivity contribution is -0.384. The first-order valence-electron chi connectivity index (χ1n) is 5.82. The third kappa shape index (κ3) is 3.11. The van der Waals surface area contributed by atoms with Crippen LogP contribution in [0.5, 0.6) is 0 Å². The maximum absolute atomic E-state index is 11.0. The van der Waals surface area contributed by atoms with Crippen LogP contribution >= 0.6 is 0 Å². The molecule has 2 rings (SSSR count). The third-order valence-corrected chi connectivity index (χ3v) is 2.68. The summed E-state index contributed by atoms with van der Waals surface area (Å²) in [7, 11) is 0. The maximum Gasteiger partial charge on any atom is 0.336 e. The van der Waals surface area contributed by atoms with E-state index in [-0.39, 0.29) is 11.3 Å². The van der Waals surface area contributed by atoms with Gasteiger partial charge in [0, 0.05) is 23.5 Å². The normalized spacial score (nSPS) is 10.1. The Morgan fingerprint density at radius 1 is 1.20 bits per heavy atom. The van der Waals surface area contributed by atoms with Gasteiger partial charge in [-0.05, 0) is 30.7 Å². The van der Waals surface area contributed by atoms with E-state index in [0.717, 1.165) is 17.3 Å². The van der Waals surface area contributed by atoms with Crippen molar-refractivity contribution >= 4 is 23.0 Å². The highest BCUT2D eigenvalue weighted by atomic mass is 16.6. The van der Waals surface area contributed by atoms with Gasteiger partial charge in [-0.2, -0.15) is 0 Å². The smallest absolute Gasteiger partial charge is 0.336 e. The van der Waals surface area contributed by atoms with Crippen molar-refractivity contribution in [1.82, 2.24) is 0 Å². The molecule has 0 aromatic heterocycles. The number of aromatic carboxylic acids is 1. The number of anilines is 2. The lowest BCUT2D eigenvalue weighted by Gasteiger charge is -2.08. The van der Waals surface area contributed by atoms with Gasteiger partial charge >= 0.3 is 5.97 Å². The summed E-state index contributed by atoms with van der Waals surface area (Å²) in [6.07, 6.45) is 0. The molecule has 0 saturated carbocycles. The number of non-ortho nitro benzene ring substituents is 1. The Morgan fingerprint density at radius 2 is 1.95 bits per heavy atom. The summed E-state index contributed by atoms with van der Waals surface area (Å²) in [6.45, 7) is 1.92. The summed E-state index contributed by atoms with van der Waals surface area (Å²) in [5, 5.41) is 22.8. The zero-order valence-corrected chi connectivity index (χ0v) is 10.7. The van der Waals surface area contributed by atoms with Crippen LogP contribution in [0.3, 0.4) is 0 Å². The minimum Gasteiger partial charge on any atom is -0.478 e. The van der Waals surface area contributed by atoms with Crippen LogP contribution in [0.15, 0.2) is 42.5 Å². The first-order chi connectivity index (χ1) is 9.45. The van der Waals surface area contributed by atoms with E-state index in [1.807, 2.05) is 25.1 Å². The van der Waals surface area contributed by atoms with Crippen molar-refractivity contribution in [1.29, 1.82) is 0 Å². The summed E-state index contributed by atoms with van der Waals surface area (Å²) in [5.41, 5.74) is 1.73. The van der Waals surface area contributed by atoms with Crippen molar-refractivity contribution in [3.05, 3.63) is 63.7 Å². The van der Waals surface area contributed by atoms with E-state index >= 15 is 0 Å². The van der Waals surface area contributed by atoms with Gasteiger partial charge in [-0.1, -0.05) is 12.1 Å². The zero-order chi connectivity index (χ0) is 14.7. The Morgan fingerprint density at radius 3 is 2.55 bits per heavy atom. The van der Waals surface area contributed by atoms with Gasteiger partial charge in [0.15, 0.2) is 0 Å². The highest BCUT2D eigenvalue weighted by Gasteiger charge is 2.13. The zero-order valence-electron chi connectivity index (χ0n) is 10.7. The topological polar surface area (TPSA) is 92.5 Å². The largest absolute Gasteiger partial charge is 0.478 e.